The van der Waals surface area contributed by atoms with Crippen LogP contribution in [0, 0.1) is 0 Å². The normalized spacial score (nSPS) is 14.3. The quantitative estimate of drug-likeness (QED) is 0.471. The smallest absolute Gasteiger partial charge is 0.272 e. The molecule has 0 bridgehead atoms. The highest BCUT2D eigenvalue weighted by atomic mass is 16.8. The van der Waals surface area contributed by atoms with Gasteiger partial charge in [0.15, 0.2) is 0 Å². The van der Waals surface area contributed by atoms with Crippen LogP contribution >= 0.6 is 0 Å². The molecule has 0 rings (SSSR count). The zero-order valence-corrected chi connectivity index (χ0v) is 8.29. The van der Waals surface area contributed by atoms with Crippen LogP contribution in [-0.2, 0) is 14.2 Å². The lowest BCUT2D eigenvalue weighted by atomic mass is 10.2. The van der Waals surface area contributed by atoms with Crippen LogP contribution in [0.2, 0.25) is 0 Å². The van der Waals surface area contributed by atoms with Crippen molar-refractivity contribution in [3.05, 3.63) is 12.7 Å². The number of rotatable bonds is 5. The van der Waals surface area contributed by atoms with E-state index in [2.05, 4.69) is 6.58 Å². The summed E-state index contributed by atoms with van der Waals surface area (Å²) in [6.45, 7) is 9.17. The minimum Gasteiger partial charge on any atom is -0.333 e. The van der Waals surface area contributed by atoms with Crippen molar-refractivity contribution in [2.45, 2.75) is 32.8 Å². The lowest BCUT2D eigenvalue weighted by molar-refractivity contribution is -0.305. The second-order valence-corrected chi connectivity index (χ2v) is 3.38. The van der Waals surface area contributed by atoms with Gasteiger partial charge in [-0.3, -0.25) is 0 Å². The Morgan fingerprint density at radius 1 is 1.42 bits per heavy atom. The predicted molar refractivity (Wildman–Crippen MR) is 47.8 cm³/mol. The van der Waals surface area contributed by atoms with E-state index < -0.39 is 6.48 Å². The van der Waals surface area contributed by atoms with E-state index in [1.54, 1.807) is 13.2 Å². The number of ether oxygens (including phenoxy) is 3. The average Bonchev–Trinajstić information content (AvgIpc) is 1.95. The Labute approximate surface area is 74.3 Å². The molecule has 0 heterocycles. The number of hydrogen-bond acceptors (Lipinski definition) is 3. The van der Waals surface area contributed by atoms with Crippen LogP contribution in [0.3, 0.4) is 0 Å². The fourth-order valence-electron chi connectivity index (χ4n) is 0.585. The van der Waals surface area contributed by atoms with Gasteiger partial charge in [-0.25, -0.2) is 0 Å². The molecule has 0 aromatic heterocycles. The highest BCUT2D eigenvalue weighted by Gasteiger charge is 2.17. The first-order valence-electron chi connectivity index (χ1n) is 3.92. The zero-order chi connectivity index (χ0) is 9.61. The van der Waals surface area contributed by atoms with Gasteiger partial charge < -0.3 is 14.2 Å². The molecule has 0 saturated carbocycles. The molecule has 0 spiro atoms. The number of hydrogen-bond donors (Lipinski definition) is 0. The van der Waals surface area contributed by atoms with Crippen molar-refractivity contribution >= 4 is 0 Å². The molecule has 0 aliphatic carbocycles. The van der Waals surface area contributed by atoms with E-state index in [1.165, 1.54) is 0 Å². The maximum atomic E-state index is 5.40. The van der Waals surface area contributed by atoms with Gasteiger partial charge in [-0.1, -0.05) is 6.08 Å². The average molecular weight is 174 g/mol. The minimum atomic E-state index is -0.608. The molecule has 3 heteroatoms. The molecule has 0 aliphatic heterocycles. The Bertz CT molecular complexity index is 126. The molecule has 0 fully saturated rings. The van der Waals surface area contributed by atoms with E-state index in [1.807, 2.05) is 20.8 Å². The summed E-state index contributed by atoms with van der Waals surface area (Å²) in [5.41, 5.74) is -0.262. The van der Waals surface area contributed by atoms with Gasteiger partial charge in [0, 0.05) is 7.11 Å². The maximum absolute atomic E-state index is 5.40. The molecule has 1 atom stereocenters. The molecule has 0 aromatic carbocycles. The standard InChI is InChI=1S/C9H18O3/c1-6-7-11-8(10-5)12-9(2,3)4/h6,8H,1,7H2,2-5H3. The third-order valence-corrected chi connectivity index (χ3v) is 0.992. The maximum Gasteiger partial charge on any atom is 0.272 e. The van der Waals surface area contributed by atoms with Crippen molar-refractivity contribution in [2.75, 3.05) is 13.7 Å². The summed E-state index contributed by atoms with van der Waals surface area (Å²) >= 11 is 0. The predicted octanol–water partition coefficient (Wildman–Crippen LogP) is 1.93. The molecule has 72 valence electrons. The molecular weight excluding hydrogens is 156 g/mol. The van der Waals surface area contributed by atoms with Gasteiger partial charge in [-0.2, -0.15) is 0 Å². The topological polar surface area (TPSA) is 27.7 Å². The highest BCUT2D eigenvalue weighted by Crippen LogP contribution is 2.11. The molecule has 12 heavy (non-hydrogen) atoms. The molecular formula is C9H18O3. The minimum absolute atomic E-state index is 0.262. The Morgan fingerprint density at radius 2 is 2.00 bits per heavy atom. The van der Waals surface area contributed by atoms with Crippen LogP contribution in [0.15, 0.2) is 12.7 Å². The van der Waals surface area contributed by atoms with Crippen molar-refractivity contribution in [3.8, 4) is 0 Å². The molecule has 0 amide bonds. The first-order valence-corrected chi connectivity index (χ1v) is 3.92. The fourth-order valence-corrected chi connectivity index (χ4v) is 0.585. The van der Waals surface area contributed by atoms with Gasteiger partial charge in [-0.05, 0) is 20.8 Å². The molecule has 1 unspecified atom stereocenters. The van der Waals surface area contributed by atoms with Gasteiger partial charge >= 0.3 is 0 Å². The van der Waals surface area contributed by atoms with E-state index in [9.17, 15) is 0 Å². The van der Waals surface area contributed by atoms with Crippen molar-refractivity contribution in [1.29, 1.82) is 0 Å². The fraction of sp³-hybridized carbons (Fsp3) is 0.778. The van der Waals surface area contributed by atoms with Crippen molar-refractivity contribution in [3.63, 3.8) is 0 Å². The summed E-state index contributed by atoms with van der Waals surface area (Å²) in [6.07, 6.45) is 1.65. The van der Waals surface area contributed by atoms with Crippen molar-refractivity contribution < 1.29 is 14.2 Å². The Morgan fingerprint density at radius 3 is 2.33 bits per heavy atom. The van der Waals surface area contributed by atoms with Crippen LogP contribution in [0.1, 0.15) is 20.8 Å². The second-order valence-electron chi connectivity index (χ2n) is 3.38. The van der Waals surface area contributed by atoms with Crippen LogP contribution in [0.4, 0.5) is 0 Å². The third kappa shape index (κ3) is 6.34. The molecule has 0 aliphatic rings. The Hall–Kier alpha value is -0.380. The van der Waals surface area contributed by atoms with Crippen molar-refractivity contribution in [2.24, 2.45) is 0 Å². The first kappa shape index (κ1) is 11.6. The summed E-state index contributed by atoms with van der Waals surface area (Å²) < 4.78 is 15.5. The van der Waals surface area contributed by atoms with Gasteiger partial charge in [0.1, 0.15) is 0 Å². The van der Waals surface area contributed by atoms with E-state index in [0.717, 1.165) is 0 Å². The van der Waals surface area contributed by atoms with E-state index in [-0.39, 0.29) is 5.60 Å². The van der Waals surface area contributed by atoms with Crippen LogP contribution in [0.5, 0.6) is 0 Å². The lowest BCUT2D eigenvalue weighted by Gasteiger charge is -2.25. The molecule has 0 aromatic rings. The molecule has 3 nitrogen and oxygen atoms in total. The van der Waals surface area contributed by atoms with Gasteiger partial charge in [-0.15, -0.1) is 6.58 Å². The summed E-state index contributed by atoms with van der Waals surface area (Å²) in [5.74, 6) is 0. The highest BCUT2D eigenvalue weighted by molar-refractivity contribution is 4.64. The monoisotopic (exact) mass is 174 g/mol. The third-order valence-electron chi connectivity index (χ3n) is 0.992. The summed E-state index contributed by atoms with van der Waals surface area (Å²) in [7, 11) is 1.54. The summed E-state index contributed by atoms with van der Waals surface area (Å²) in [4.78, 5) is 0. The van der Waals surface area contributed by atoms with Crippen LogP contribution in [-0.4, -0.2) is 25.8 Å². The van der Waals surface area contributed by atoms with Gasteiger partial charge in [0.2, 0.25) is 0 Å². The van der Waals surface area contributed by atoms with E-state index >= 15 is 0 Å². The largest absolute Gasteiger partial charge is 0.333 e. The Kier molecular flexibility index (Phi) is 5.13. The van der Waals surface area contributed by atoms with E-state index in [0.29, 0.717) is 6.61 Å². The second kappa shape index (κ2) is 5.30. The van der Waals surface area contributed by atoms with E-state index in [4.69, 9.17) is 14.2 Å². The van der Waals surface area contributed by atoms with Crippen molar-refractivity contribution in [1.82, 2.24) is 0 Å². The molecule has 0 N–H and O–H groups in total. The molecule has 0 saturated heterocycles. The first-order chi connectivity index (χ1) is 5.49. The SMILES string of the molecule is C=CCOC(OC)OC(C)(C)C. The Balaban J connectivity index is 3.74. The lowest BCUT2D eigenvalue weighted by Crippen LogP contribution is -2.30. The summed E-state index contributed by atoms with van der Waals surface area (Å²) in [6, 6.07) is 0. The van der Waals surface area contributed by atoms with Gasteiger partial charge in [0.05, 0.1) is 12.2 Å². The van der Waals surface area contributed by atoms with Crippen LogP contribution in [0.25, 0.3) is 0 Å². The summed E-state index contributed by atoms with van der Waals surface area (Å²) in [5, 5.41) is 0. The van der Waals surface area contributed by atoms with Gasteiger partial charge in [0.25, 0.3) is 6.48 Å². The van der Waals surface area contributed by atoms with Crippen LogP contribution < -0.4 is 0 Å². The zero-order valence-electron chi connectivity index (χ0n) is 8.29. The number of methoxy groups -OCH3 is 1. The molecule has 0 radical (unpaired) electrons.